The van der Waals surface area contributed by atoms with E-state index in [0.29, 0.717) is 30.1 Å². The molecule has 1 rings (SSSR count). The summed E-state index contributed by atoms with van der Waals surface area (Å²) in [4.78, 5) is 12.7. The molecular formula is C13H19ClN2O3. The summed E-state index contributed by atoms with van der Waals surface area (Å²) in [6.45, 7) is 5.30. The van der Waals surface area contributed by atoms with Gasteiger partial charge in [-0.15, -0.1) is 0 Å². The molecule has 1 aromatic rings. The Morgan fingerprint density at radius 1 is 1.47 bits per heavy atom. The van der Waals surface area contributed by atoms with Gasteiger partial charge in [0.15, 0.2) is 0 Å². The standard InChI is InChI=1S/C13H19ClN2O3/c1-10(2)15(6-3-7-17)9-11-8-12(14)4-5-13(11)16(18)19/h4-5,8,10,17H,3,6-7,9H2,1-2H3. The van der Waals surface area contributed by atoms with Crippen molar-refractivity contribution in [3.05, 3.63) is 38.9 Å². The van der Waals surface area contributed by atoms with Gasteiger partial charge >= 0.3 is 0 Å². The van der Waals surface area contributed by atoms with Gasteiger partial charge in [0.25, 0.3) is 5.69 Å². The Bertz CT molecular complexity index is 438. The Balaban J connectivity index is 2.94. The zero-order valence-electron chi connectivity index (χ0n) is 11.2. The van der Waals surface area contributed by atoms with Crippen molar-refractivity contribution in [3.8, 4) is 0 Å². The van der Waals surface area contributed by atoms with Crippen LogP contribution in [-0.4, -0.2) is 34.1 Å². The van der Waals surface area contributed by atoms with Crippen LogP contribution >= 0.6 is 11.6 Å². The van der Waals surface area contributed by atoms with Gasteiger partial charge in [0.1, 0.15) is 0 Å². The Hall–Kier alpha value is -1.17. The van der Waals surface area contributed by atoms with Gasteiger partial charge in [-0.05, 0) is 32.4 Å². The SMILES string of the molecule is CC(C)N(CCCO)Cc1cc(Cl)ccc1[N+](=O)[O-]. The first-order chi connectivity index (χ1) is 8.95. The molecule has 0 unspecified atom stereocenters. The van der Waals surface area contributed by atoms with Crippen molar-refractivity contribution in [1.82, 2.24) is 4.90 Å². The quantitative estimate of drug-likeness (QED) is 0.618. The summed E-state index contributed by atoms with van der Waals surface area (Å²) in [6, 6.07) is 4.83. The maximum Gasteiger partial charge on any atom is 0.273 e. The van der Waals surface area contributed by atoms with Crippen molar-refractivity contribution in [2.45, 2.75) is 32.9 Å². The van der Waals surface area contributed by atoms with Crippen LogP contribution in [0, 0.1) is 10.1 Å². The first-order valence-electron chi connectivity index (χ1n) is 6.23. The van der Waals surface area contributed by atoms with Gasteiger partial charge in [0.05, 0.1) is 4.92 Å². The lowest BCUT2D eigenvalue weighted by Crippen LogP contribution is -2.32. The summed E-state index contributed by atoms with van der Waals surface area (Å²) >= 11 is 5.91. The molecule has 19 heavy (non-hydrogen) atoms. The minimum Gasteiger partial charge on any atom is -0.396 e. The molecule has 0 saturated heterocycles. The number of benzene rings is 1. The molecule has 0 aliphatic rings. The van der Waals surface area contributed by atoms with Gasteiger partial charge in [-0.25, -0.2) is 0 Å². The van der Waals surface area contributed by atoms with E-state index in [0.717, 1.165) is 0 Å². The van der Waals surface area contributed by atoms with Crippen molar-refractivity contribution < 1.29 is 10.0 Å². The van der Waals surface area contributed by atoms with Crippen LogP contribution in [0.2, 0.25) is 5.02 Å². The third kappa shape index (κ3) is 4.78. The highest BCUT2D eigenvalue weighted by atomic mass is 35.5. The van der Waals surface area contributed by atoms with Crippen molar-refractivity contribution >= 4 is 17.3 Å². The molecule has 0 atom stereocenters. The highest BCUT2D eigenvalue weighted by Gasteiger charge is 2.18. The molecule has 1 N–H and O–H groups in total. The van der Waals surface area contributed by atoms with E-state index in [4.69, 9.17) is 16.7 Å². The zero-order chi connectivity index (χ0) is 14.4. The van der Waals surface area contributed by atoms with Crippen LogP contribution < -0.4 is 0 Å². The lowest BCUT2D eigenvalue weighted by molar-refractivity contribution is -0.385. The van der Waals surface area contributed by atoms with Crippen LogP contribution in [0.15, 0.2) is 18.2 Å². The summed E-state index contributed by atoms with van der Waals surface area (Å²) in [6.07, 6.45) is 0.645. The molecule has 5 nitrogen and oxygen atoms in total. The smallest absolute Gasteiger partial charge is 0.273 e. The number of rotatable bonds is 7. The molecule has 0 aliphatic carbocycles. The maximum atomic E-state index is 11.0. The van der Waals surface area contributed by atoms with Crippen molar-refractivity contribution in [1.29, 1.82) is 0 Å². The fourth-order valence-corrected chi connectivity index (χ4v) is 2.07. The Morgan fingerprint density at radius 3 is 2.68 bits per heavy atom. The number of hydrogen-bond acceptors (Lipinski definition) is 4. The van der Waals surface area contributed by atoms with E-state index < -0.39 is 4.92 Å². The number of hydrogen-bond donors (Lipinski definition) is 1. The summed E-state index contributed by atoms with van der Waals surface area (Å²) in [5.41, 5.74) is 0.684. The second-order valence-corrected chi connectivity index (χ2v) is 5.11. The number of halogens is 1. The molecule has 1 aromatic carbocycles. The van der Waals surface area contributed by atoms with Crippen LogP contribution in [0.25, 0.3) is 0 Å². The van der Waals surface area contributed by atoms with Gasteiger partial charge in [-0.1, -0.05) is 11.6 Å². The highest BCUT2D eigenvalue weighted by Crippen LogP contribution is 2.24. The number of aliphatic hydroxyl groups excluding tert-OH is 1. The summed E-state index contributed by atoms with van der Waals surface area (Å²) in [5, 5.41) is 20.4. The van der Waals surface area contributed by atoms with Gasteiger partial charge in [-0.3, -0.25) is 15.0 Å². The topological polar surface area (TPSA) is 66.6 Å². The molecule has 0 fully saturated rings. The molecule has 0 saturated carbocycles. The van der Waals surface area contributed by atoms with Crippen LogP contribution in [0.4, 0.5) is 5.69 Å². The first kappa shape index (κ1) is 15.9. The first-order valence-corrected chi connectivity index (χ1v) is 6.61. The lowest BCUT2D eigenvalue weighted by Gasteiger charge is -2.26. The Labute approximate surface area is 117 Å². The van der Waals surface area contributed by atoms with Crippen molar-refractivity contribution in [2.75, 3.05) is 13.2 Å². The van der Waals surface area contributed by atoms with Crippen LogP contribution in [0.5, 0.6) is 0 Å². The lowest BCUT2D eigenvalue weighted by atomic mass is 10.1. The molecule has 0 bridgehead atoms. The Morgan fingerprint density at radius 2 is 2.16 bits per heavy atom. The second-order valence-electron chi connectivity index (χ2n) is 4.67. The predicted octanol–water partition coefficient (Wildman–Crippen LogP) is 2.84. The number of nitrogens with zero attached hydrogens (tertiary/aromatic N) is 2. The maximum absolute atomic E-state index is 11.0. The van der Waals surface area contributed by atoms with Gasteiger partial charge < -0.3 is 5.11 Å². The zero-order valence-corrected chi connectivity index (χ0v) is 11.9. The summed E-state index contributed by atoms with van der Waals surface area (Å²) in [5.74, 6) is 0. The molecule has 106 valence electrons. The minimum absolute atomic E-state index is 0.0825. The minimum atomic E-state index is -0.393. The molecule has 0 amide bonds. The van der Waals surface area contributed by atoms with E-state index in [1.54, 1.807) is 6.07 Å². The van der Waals surface area contributed by atoms with E-state index in [-0.39, 0.29) is 18.3 Å². The highest BCUT2D eigenvalue weighted by molar-refractivity contribution is 6.30. The predicted molar refractivity (Wildman–Crippen MR) is 75.4 cm³/mol. The monoisotopic (exact) mass is 286 g/mol. The molecule has 6 heteroatoms. The second kappa shape index (κ2) is 7.43. The van der Waals surface area contributed by atoms with E-state index >= 15 is 0 Å². The summed E-state index contributed by atoms with van der Waals surface area (Å²) < 4.78 is 0. The van der Waals surface area contributed by atoms with Crippen molar-refractivity contribution in [2.24, 2.45) is 0 Å². The van der Waals surface area contributed by atoms with Crippen LogP contribution in [0.3, 0.4) is 0 Å². The third-order valence-corrected chi connectivity index (χ3v) is 3.18. The average molecular weight is 287 g/mol. The molecule has 0 spiro atoms. The Kier molecular flexibility index (Phi) is 6.21. The average Bonchev–Trinajstić information content (AvgIpc) is 2.33. The fourth-order valence-electron chi connectivity index (χ4n) is 1.87. The molecule has 0 radical (unpaired) electrons. The van der Waals surface area contributed by atoms with E-state index in [2.05, 4.69) is 4.90 Å². The molecule has 0 aromatic heterocycles. The largest absolute Gasteiger partial charge is 0.396 e. The van der Waals surface area contributed by atoms with E-state index in [1.807, 2.05) is 13.8 Å². The van der Waals surface area contributed by atoms with Crippen LogP contribution in [-0.2, 0) is 6.54 Å². The van der Waals surface area contributed by atoms with Crippen molar-refractivity contribution in [3.63, 3.8) is 0 Å². The summed E-state index contributed by atoms with van der Waals surface area (Å²) in [7, 11) is 0. The van der Waals surface area contributed by atoms with Gasteiger partial charge in [0.2, 0.25) is 0 Å². The molecular weight excluding hydrogens is 268 g/mol. The number of nitro groups is 1. The number of nitro benzene ring substituents is 1. The van der Waals surface area contributed by atoms with Gasteiger partial charge in [0, 0.05) is 42.4 Å². The fraction of sp³-hybridized carbons (Fsp3) is 0.538. The van der Waals surface area contributed by atoms with Gasteiger partial charge in [-0.2, -0.15) is 0 Å². The van der Waals surface area contributed by atoms with E-state index in [9.17, 15) is 10.1 Å². The molecule has 0 aliphatic heterocycles. The third-order valence-electron chi connectivity index (χ3n) is 2.95. The normalized spacial score (nSPS) is 11.3. The van der Waals surface area contributed by atoms with E-state index in [1.165, 1.54) is 12.1 Å². The number of aliphatic hydroxyl groups is 1. The molecule has 0 heterocycles. The van der Waals surface area contributed by atoms with Crippen LogP contribution in [0.1, 0.15) is 25.8 Å².